The van der Waals surface area contributed by atoms with E-state index in [2.05, 4.69) is 32.6 Å². The molecule has 0 radical (unpaired) electrons. The topological polar surface area (TPSA) is 84.2 Å². The summed E-state index contributed by atoms with van der Waals surface area (Å²) in [7, 11) is 0. The maximum absolute atomic E-state index is 13.2. The first-order valence-electron chi connectivity index (χ1n) is 9.52. The predicted molar refractivity (Wildman–Crippen MR) is 119 cm³/mol. The molecule has 0 unspecified atom stereocenters. The van der Waals surface area contributed by atoms with E-state index in [-0.39, 0.29) is 5.02 Å². The van der Waals surface area contributed by atoms with Crippen molar-refractivity contribution in [2.75, 3.05) is 10.6 Å². The second-order valence-electron chi connectivity index (χ2n) is 6.64. The Morgan fingerprint density at radius 1 is 1.13 bits per heavy atom. The number of carbonyl (C=O) groups excluding carboxylic acids is 1. The molecule has 2 amide bonds. The van der Waals surface area contributed by atoms with Crippen LogP contribution in [0.4, 0.5) is 20.6 Å². The minimum Gasteiger partial charge on any atom is -0.308 e. The quantitative estimate of drug-likeness (QED) is 0.365. The Morgan fingerprint density at radius 3 is 2.61 bits per heavy atom. The third-order valence-electron chi connectivity index (χ3n) is 4.29. The van der Waals surface area contributed by atoms with Gasteiger partial charge in [-0.1, -0.05) is 36.7 Å². The molecule has 0 atom stereocenters. The smallest absolute Gasteiger partial charge is 0.308 e. The number of benzene rings is 2. The van der Waals surface area contributed by atoms with E-state index in [9.17, 15) is 9.18 Å². The molecule has 0 saturated heterocycles. The summed E-state index contributed by atoms with van der Waals surface area (Å²) < 4.78 is 14.9. The van der Waals surface area contributed by atoms with E-state index in [0.29, 0.717) is 17.2 Å². The van der Waals surface area contributed by atoms with Crippen molar-refractivity contribution in [2.45, 2.75) is 29.7 Å². The van der Waals surface area contributed by atoms with E-state index in [0.717, 1.165) is 28.5 Å². The monoisotopic (exact) mass is 456 g/mol. The van der Waals surface area contributed by atoms with Gasteiger partial charge >= 0.3 is 6.03 Å². The Bertz CT molecular complexity index is 1230. The van der Waals surface area contributed by atoms with E-state index < -0.39 is 11.8 Å². The van der Waals surface area contributed by atoms with Gasteiger partial charge in [0.15, 0.2) is 0 Å². The zero-order valence-corrected chi connectivity index (χ0v) is 18.0. The number of hydrogen-bond acceptors (Lipinski definition) is 5. The predicted octanol–water partition coefficient (Wildman–Crippen LogP) is 5.66. The van der Waals surface area contributed by atoms with Crippen LogP contribution in [-0.2, 0) is 6.42 Å². The molecule has 0 fully saturated rings. The molecule has 0 aliphatic carbocycles. The first-order chi connectivity index (χ1) is 15.0. The minimum atomic E-state index is -0.542. The number of urea groups is 1. The van der Waals surface area contributed by atoms with Gasteiger partial charge in [0.05, 0.1) is 5.02 Å². The fourth-order valence-corrected chi connectivity index (χ4v) is 3.99. The first-order valence-corrected chi connectivity index (χ1v) is 10.7. The van der Waals surface area contributed by atoms with Crippen LogP contribution < -0.4 is 10.6 Å². The van der Waals surface area contributed by atoms with Crippen molar-refractivity contribution >= 4 is 46.5 Å². The van der Waals surface area contributed by atoms with Gasteiger partial charge in [0, 0.05) is 22.0 Å². The second kappa shape index (κ2) is 9.32. The highest BCUT2D eigenvalue weighted by molar-refractivity contribution is 7.99. The Balaban J connectivity index is 1.44. The van der Waals surface area contributed by atoms with Gasteiger partial charge in [0.25, 0.3) is 5.78 Å². The molecule has 2 heterocycles. The zero-order chi connectivity index (χ0) is 21.8. The van der Waals surface area contributed by atoms with Crippen LogP contribution in [0, 0.1) is 5.82 Å². The lowest BCUT2D eigenvalue weighted by Crippen LogP contribution is -2.19. The number of carbonyl (C=O) groups is 1. The summed E-state index contributed by atoms with van der Waals surface area (Å²) in [5.74, 6) is 0.0317. The molecule has 31 heavy (non-hydrogen) atoms. The summed E-state index contributed by atoms with van der Waals surface area (Å²) in [5.41, 5.74) is 1.98. The van der Waals surface area contributed by atoms with E-state index in [1.165, 1.54) is 36.3 Å². The van der Waals surface area contributed by atoms with Crippen LogP contribution in [0.15, 0.2) is 64.8 Å². The van der Waals surface area contributed by atoms with Crippen LogP contribution >= 0.6 is 23.4 Å². The number of fused-ring (bicyclic) bond motifs is 1. The normalized spacial score (nSPS) is 10.9. The summed E-state index contributed by atoms with van der Waals surface area (Å²) in [4.78, 5) is 21.9. The van der Waals surface area contributed by atoms with Crippen LogP contribution in [0.1, 0.15) is 19.0 Å². The molecule has 0 spiro atoms. The standard InChI is InChI=1S/C21H18ClFN6OS/c1-2-3-14-11-19(29-20(26-14)24-12-25-29)31-16-7-4-13(5-8-16)27-21(30)28-15-6-9-18(23)17(22)10-15/h4-12H,2-3H2,1H3,(H2,27,28,30). The third-order valence-corrected chi connectivity index (χ3v) is 5.59. The van der Waals surface area contributed by atoms with Gasteiger partial charge in [-0.15, -0.1) is 0 Å². The zero-order valence-electron chi connectivity index (χ0n) is 16.5. The van der Waals surface area contributed by atoms with Crippen molar-refractivity contribution in [1.82, 2.24) is 19.6 Å². The molecule has 0 aliphatic rings. The maximum atomic E-state index is 13.2. The summed E-state index contributed by atoms with van der Waals surface area (Å²) in [5, 5.41) is 10.5. The van der Waals surface area contributed by atoms with Crippen molar-refractivity contribution in [3.05, 3.63) is 71.4 Å². The van der Waals surface area contributed by atoms with Gasteiger partial charge in [-0.25, -0.2) is 14.2 Å². The molecule has 2 aromatic carbocycles. The number of hydrogen-bond donors (Lipinski definition) is 2. The molecule has 2 N–H and O–H groups in total. The molecular formula is C21H18ClFN6OS. The fourth-order valence-electron chi connectivity index (χ4n) is 2.88. The average molecular weight is 457 g/mol. The van der Waals surface area contributed by atoms with E-state index >= 15 is 0 Å². The fraction of sp³-hybridized carbons (Fsp3) is 0.143. The van der Waals surface area contributed by atoms with Crippen molar-refractivity contribution in [2.24, 2.45) is 0 Å². The number of amides is 2. The van der Waals surface area contributed by atoms with Crippen molar-refractivity contribution in [3.63, 3.8) is 0 Å². The van der Waals surface area contributed by atoms with E-state index in [1.807, 2.05) is 18.2 Å². The molecule has 0 saturated carbocycles. The third kappa shape index (κ3) is 5.12. The van der Waals surface area contributed by atoms with Crippen molar-refractivity contribution < 1.29 is 9.18 Å². The number of aromatic nitrogens is 4. The van der Waals surface area contributed by atoms with Crippen LogP contribution in [0.3, 0.4) is 0 Å². The number of aryl methyl sites for hydroxylation is 1. The average Bonchev–Trinajstić information content (AvgIpc) is 3.21. The second-order valence-corrected chi connectivity index (χ2v) is 8.14. The first kappa shape index (κ1) is 21.1. The van der Waals surface area contributed by atoms with Gasteiger partial charge in [0.2, 0.25) is 0 Å². The largest absolute Gasteiger partial charge is 0.323 e. The highest BCUT2D eigenvalue weighted by atomic mass is 35.5. The Kier molecular flexibility index (Phi) is 6.34. The van der Waals surface area contributed by atoms with E-state index in [4.69, 9.17) is 11.6 Å². The molecule has 4 rings (SSSR count). The summed E-state index contributed by atoms with van der Waals surface area (Å²) in [6.07, 6.45) is 3.35. The highest BCUT2D eigenvalue weighted by Gasteiger charge is 2.10. The lowest BCUT2D eigenvalue weighted by molar-refractivity contribution is 0.262. The maximum Gasteiger partial charge on any atom is 0.323 e. The molecule has 4 aromatic rings. The van der Waals surface area contributed by atoms with Crippen molar-refractivity contribution in [1.29, 1.82) is 0 Å². The molecule has 2 aromatic heterocycles. The molecule has 7 nitrogen and oxygen atoms in total. The Labute approximate surface area is 187 Å². The van der Waals surface area contributed by atoms with Crippen LogP contribution in [-0.4, -0.2) is 25.6 Å². The molecule has 10 heteroatoms. The summed E-state index contributed by atoms with van der Waals surface area (Å²) in [6, 6.07) is 12.9. The molecule has 158 valence electrons. The SMILES string of the molecule is CCCc1cc(Sc2ccc(NC(=O)Nc3ccc(F)c(Cl)c3)cc2)n2ncnc2n1. The van der Waals surface area contributed by atoms with Crippen LogP contribution in [0.25, 0.3) is 5.78 Å². The molecular weight excluding hydrogens is 439 g/mol. The lowest BCUT2D eigenvalue weighted by Gasteiger charge is -2.10. The van der Waals surface area contributed by atoms with E-state index in [1.54, 1.807) is 16.6 Å². The summed E-state index contributed by atoms with van der Waals surface area (Å²) in [6.45, 7) is 2.11. The van der Waals surface area contributed by atoms with Gasteiger partial charge in [-0.3, -0.25) is 0 Å². The van der Waals surface area contributed by atoms with Crippen LogP contribution in [0.5, 0.6) is 0 Å². The molecule has 0 bridgehead atoms. The Hall–Kier alpha value is -3.17. The number of halogens is 2. The molecule has 0 aliphatic heterocycles. The van der Waals surface area contributed by atoms with Gasteiger partial charge in [-0.2, -0.15) is 14.6 Å². The number of rotatable bonds is 6. The van der Waals surface area contributed by atoms with Crippen molar-refractivity contribution in [3.8, 4) is 0 Å². The minimum absolute atomic E-state index is 0.0566. The lowest BCUT2D eigenvalue weighted by atomic mass is 10.2. The van der Waals surface area contributed by atoms with Crippen LogP contribution in [0.2, 0.25) is 5.02 Å². The Morgan fingerprint density at radius 2 is 1.87 bits per heavy atom. The highest BCUT2D eigenvalue weighted by Crippen LogP contribution is 2.29. The van der Waals surface area contributed by atoms with Gasteiger partial charge in [-0.05, 0) is 55.0 Å². The number of nitrogens with zero attached hydrogens (tertiary/aromatic N) is 4. The van der Waals surface area contributed by atoms with Gasteiger partial charge in [0.1, 0.15) is 17.2 Å². The number of anilines is 2. The summed E-state index contributed by atoms with van der Waals surface area (Å²) >= 11 is 7.27. The number of nitrogens with one attached hydrogen (secondary N) is 2. The van der Waals surface area contributed by atoms with Gasteiger partial charge < -0.3 is 10.6 Å².